The Kier molecular flexibility index (Phi) is 5.54. The van der Waals surface area contributed by atoms with Gasteiger partial charge in [0.05, 0.1) is 23.1 Å². The maximum Gasteiger partial charge on any atom is 0.160 e. The fourth-order valence-electron chi connectivity index (χ4n) is 5.83. The van der Waals surface area contributed by atoms with Crippen molar-refractivity contribution in [2.45, 2.75) is 45.6 Å². The van der Waals surface area contributed by atoms with Crippen LogP contribution in [0.1, 0.15) is 44.0 Å². The van der Waals surface area contributed by atoms with Crippen molar-refractivity contribution < 1.29 is 0 Å². The molecule has 0 spiro atoms. The van der Waals surface area contributed by atoms with Crippen LogP contribution in [0, 0.1) is 18.8 Å². The van der Waals surface area contributed by atoms with E-state index in [2.05, 4.69) is 69.5 Å². The van der Waals surface area contributed by atoms with Gasteiger partial charge in [0, 0.05) is 36.6 Å². The topological polar surface area (TPSA) is 74.3 Å². The van der Waals surface area contributed by atoms with Gasteiger partial charge in [0.1, 0.15) is 22.9 Å². The van der Waals surface area contributed by atoms with Crippen molar-refractivity contribution in [3.8, 4) is 17.1 Å². The van der Waals surface area contributed by atoms with Gasteiger partial charge < -0.3 is 4.57 Å². The van der Waals surface area contributed by atoms with Gasteiger partial charge in [-0.15, -0.1) is 0 Å². The molecule has 0 N–H and O–H groups in total. The Morgan fingerprint density at radius 1 is 0.974 bits per heavy atom. The second kappa shape index (κ2) is 9.12. The summed E-state index contributed by atoms with van der Waals surface area (Å²) < 4.78 is 4.57. The Hall–Kier alpha value is -4.39. The zero-order valence-corrected chi connectivity index (χ0v) is 22.5. The third kappa shape index (κ3) is 4.09. The Bertz CT molecular complexity index is 1720. The highest BCUT2D eigenvalue weighted by Crippen LogP contribution is 2.56. The molecular formula is C32H31N7. The van der Waals surface area contributed by atoms with E-state index < -0.39 is 0 Å². The number of pyridine rings is 3. The number of allylic oxidation sites excluding steroid dienone is 4. The van der Waals surface area contributed by atoms with Gasteiger partial charge in [-0.3, -0.25) is 14.5 Å². The fraction of sp³-hybridized carbons (Fsp3) is 0.281. The van der Waals surface area contributed by atoms with Crippen molar-refractivity contribution in [2.75, 3.05) is 0 Å². The Labute approximate surface area is 228 Å². The molecule has 0 bridgehead atoms. The van der Waals surface area contributed by atoms with Crippen LogP contribution in [0.25, 0.3) is 33.8 Å². The summed E-state index contributed by atoms with van der Waals surface area (Å²) in [6.45, 7) is 6.50. The fourth-order valence-corrected chi connectivity index (χ4v) is 5.83. The van der Waals surface area contributed by atoms with Gasteiger partial charge >= 0.3 is 0 Å². The molecule has 0 amide bonds. The molecule has 5 heterocycles. The first-order chi connectivity index (χ1) is 19.0. The van der Waals surface area contributed by atoms with Crippen LogP contribution in [0.4, 0.5) is 0 Å². The molecule has 0 saturated heterocycles. The highest BCUT2D eigenvalue weighted by Gasteiger charge is 2.55. The van der Waals surface area contributed by atoms with E-state index in [4.69, 9.17) is 15.0 Å². The first kappa shape index (κ1) is 23.7. The molecule has 7 nitrogen and oxygen atoms in total. The lowest BCUT2D eigenvalue weighted by molar-refractivity contribution is 0.517. The minimum Gasteiger partial charge on any atom is -0.302 e. The summed E-state index contributed by atoms with van der Waals surface area (Å²) in [6.07, 6.45) is 17.6. The van der Waals surface area contributed by atoms with Crippen molar-refractivity contribution in [1.82, 2.24) is 34.1 Å². The van der Waals surface area contributed by atoms with Crippen molar-refractivity contribution in [2.24, 2.45) is 11.8 Å². The molecule has 5 aromatic heterocycles. The van der Waals surface area contributed by atoms with E-state index in [0.717, 1.165) is 64.8 Å². The summed E-state index contributed by atoms with van der Waals surface area (Å²) in [5.41, 5.74) is 6.71. The molecule has 7 rings (SSSR count). The van der Waals surface area contributed by atoms with Crippen molar-refractivity contribution >= 4 is 16.7 Å². The predicted octanol–water partition coefficient (Wildman–Crippen LogP) is 6.34. The Balaban J connectivity index is 1.33. The maximum absolute atomic E-state index is 5.13. The Morgan fingerprint density at radius 2 is 1.87 bits per heavy atom. The van der Waals surface area contributed by atoms with E-state index in [1.165, 1.54) is 5.57 Å². The van der Waals surface area contributed by atoms with E-state index >= 15 is 0 Å². The van der Waals surface area contributed by atoms with E-state index in [9.17, 15) is 0 Å². The van der Waals surface area contributed by atoms with Crippen molar-refractivity contribution in [3.63, 3.8) is 0 Å². The lowest BCUT2D eigenvalue weighted by Crippen LogP contribution is -2.21. The van der Waals surface area contributed by atoms with Gasteiger partial charge in [-0.05, 0) is 67.7 Å². The standard InChI is InChI=1S/C32H31N7/c1-21(2)16-29-36-27-10-7-15-34-31(27)39(29)32-13-6-8-23(17-24(32)18-32)30-37-28(26-9-4-5-14-33-26)20-38(30)25-12-11-22(3)35-19-25/h4-7,9-15,17,19-21,24H,8,16,18H2,1-3H3. The molecule has 2 unspecified atom stereocenters. The van der Waals surface area contributed by atoms with Gasteiger partial charge in [0.25, 0.3) is 0 Å². The van der Waals surface area contributed by atoms with Crippen LogP contribution in [-0.4, -0.2) is 34.1 Å². The lowest BCUT2D eigenvalue weighted by atomic mass is 10.1. The molecule has 2 aliphatic carbocycles. The zero-order valence-electron chi connectivity index (χ0n) is 22.5. The quantitative estimate of drug-likeness (QED) is 0.248. The number of nitrogens with zero attached hydrogens (tertiary/aromatic N) is 7. The van der Waals surface area contributed by atoms with Crippen LogP contribution in [0.2, 0.25) is 0 Å². The molecule has 0 aliphatic heterocycles. The first-order valence-corrected chi connectivity index (χ1v) is 13.7. The third-order valence-corrected chi connectivity index (χ3v) is 7.76. The van der Waals surface area contributed by atoms with Crippen LogP contribution < -0.4 is 0 Å². The molecule has 1 saturated carbocycles. The average Bonchev–Trinajstić information content (AvgIpc) is 3.29. The van der Waals surface area contributed by atoms with Gasteiger partial charge in [-0.1, -0.05) is 38.1 Å². The monoisotopic (exact) mass is 513 g/mol. The predicted molar refractivity (Wildman–Crippen MR) is 153 cm³/mol. The number of fused-ring (bicyclic) bond motifs is 2. The molecule has 1 fully saturated rings. The minimum absolute atomic E-state index is 0.137. The van der Waals surface area contributed by atoms with Crippen LogP contribution in [0.5, 0.6) is 0 Å². The highest BCUT2D eigenvalue weighted by atomic mass is 15.2. The molecule has 5 aromatic rings. The van der Waals surface area contributed by atoms with Gasteiger partial charge in [-0.2, -0.15) is 0 Å². The summed E-state index contributed by atoms with van der Waals surface area (Å²) in [5.74, 6) is 2.91. The second-order valence-electron chi connectivity index (χ2n) is 11.1. The van der Waals surface area contributed by atoms with E-state index in [1.807, 2.05) is 55.8 Å². The average molecular weight is 514 g/mol. The Morgan fingerprint density at radius 3 is 2.67 bits per heavy atom. The van der Waals surface area contributed by atoms with Crippen LogP contribution in [-0.2, 0) is 12.0 Å². The number of hydrogen-bond acceptors (Lipinski definition) is 5. The van der Waals surface area contributed by atoms with E-state index in [0.29, 0.717) is 11.8 Å². The van der Waals surface area contributed by atoms with Gasteiger partial charge in [0.15, 0.2) is 5.65 Å². The number of rotatable bonds is 6. The maximum atomic E-state index is 5.13. The first-order valence-electron chi connectivity index (χ1n) is 13.7. The minimum atomic E-state index is -0.137. The summed E-state index contributed by atoms with van der Waals surface area (Å²) in [4.78, 5) is 24.0. The molecule has 0 aromatic carbocycles. The summed E-state index contributed by atoms with van der Waals surface area (Å²) in [6, 6.07) is 14.1. The molecule has 2 atom stereocenters. The van der Waals surface area contributed by atoms with Crippen molar-refractivity contribution in [1.29, 1.82) is 0 Å². The number of aryl methyl sites for hydroxylation is 1. The van der Waals surface area contributed by atoms with Crippen LogP contribution in [0.15, 0.2) is 85.5 Å². The summed E-state index contributed by atoms with van der Waals surface area (Å²) in [5, 5.41) is 0. The summed E-state index contributed by atoms with van der Waals surface area (Å²) in [7, 11) is 0. The third-order valence-electron chi connectivity index (χ3n) is 7.76. The van der Waals surface area contributed by atoms with Crippen molar-refractivity contribution in [3.05, 3.63) is 103 Å². The summed E-state index contributed by atoms with van der Waals surface area (Å²) >= 11 is 0. The lowest BCUT2D eigenvalue weighted by Gasteiger charge is -2.19. The van der Waals surface area contributed by atoms with Gasteiger partial charge in [0.2, 0.25) is 0 Å². The van der Waals surface area contributed by atoms with E-state index in [1.54, 1.807) is 0 Å². The molecule has 39 heavy (non-hydrogen) atoms. The smallest absolute Gasteiger partial charge is 0.160 e. The number of aromatic nitrogens is 7. The molecule has 0 radical (unpaired) electrons. The van der Waals surface area contributed by atoms with Gasteiger partial charge in [-0.25, -0.2) is 15.0 Å². The number of hydrogen-bond donors (Lipinski definition) is 0. The molecule has 2 aliphatic rings. The molecule has 7 heteroatoms. The van der Waals surface area contributed by atoms with E-state index in [-0.39, 0.29) is 5.54 Å². The molecule has 194 valence electrons. The normalized spacial score (nSPS) is 20.2. The van der Waals surface area contributed by atoms with Crippen LogP contribution in [0.3, 0.4) is 0 Å². The highest BCUT2D eigenvalue weighted by molar-refractivity contribution is 5.74. The largest absolute Gasteiger partial charge is 0.302 e. The second-order valence-corrected chi connectivity index (χ2v) is 11.1. The zero-order chi connectivity index (χ0) is 26.6. The molecular weight excluding hydrogens is 482 g/mol. The SMILES string of the molecule is Cc1ccc(-n2cc(-c3ccccn3)nc2C2=CC3CC3(n3c(CC(C)C)nc4cccnc43)C=CC2)cn1. The van der Waals surface area contributed by atoms with Crippen LogP contribution >= 0.6 is 0 Å². The number of imidazole rings is 2.